The molecule has 10 nitrogen and oxygen atoms in total. The first-order valence-electron chi connectivity index (χ1n) is 8.73. The van der Waals surface area contributed by atoms with E-state index >= 15 is 0 Å². The van der Waals surface area contributed by atoms with E-state index in [9.17, 15) is 14.7 Å². The number of aromatic nitrogens is 6. The molecule has 0 aliphatic heterocycles. The Labute approximate surface area is 174 Å². The van der Waals surface area contributed by atoms with Crippen molar-refractivity contribution in [2.75, 3.05) is 7.11 Å². The van der Waals surface area contributed by atoms with Gasteiger partial charge in [0.1, 0.15) is 23.7 Å². The maximum atomic E-state index is 12.7. The van der Waals surface area contributed by atoms with Crippen LogP contribution in [0.3, 0.4) is 0 Å². The van der Waals surface area contributed by atoms with Gasteiger partial charge in [0.2, 0.25) is 0 Å². The molecule has 0 saturated heterocycles. The Morgan fingerprint density at radius 1 is 1.17 bits per heavy atom. The molecule has 2 N–H and O–H groups in total. The van der Waals surface area contributed by atoms with Crippen LogP contribution < -0.4 is 5.69 Å². The lowest BCUT2D eigenvalue weighted by Crippen LogP contribution is -2.26. The molecule has 0 amide bonds. The fourth-order valence-electron chi connectivity index (χ4n) is 2.89. The van der Waals surface area contributed by atoms with Gasteiger partial charge in [-0.25, -0.2) is 14.6 Å². The molecule has 2 heterocycles. The van der Waals surface area contributed by atoms with E-state index in [1.807, 2.05) is 0 Å². The topological polar surface area (TPSA) is 128 Å². The van der Waals surface area contributed by atoms with Gasteiger partial charge in [0.15, 0.2) is 0 Å². The van der Waals surface area contributed by atoms with Crippen molar-refractivity contribution in [3.8, 4) is 5.69 Å². The maximum absolute atomic E-state index is 12.7. The molecule has 4 aromatic rings. The summed E-state index contributed by atoms with van der Waals surface area (Å²) in [6, 6.07) is 13.7. The molecule has 0 atom stereocenters. The second kappa shape index (κ2) is 7.84. The number of benzene rings is 2. The zero-order chi connectivity index (χ0) is 21.3. The van der Waals surface area contributed by atoms with Gasteiger partial charge in [-0.15, -0.1) is 0 Å². The van der Waals surface area contributed by atoms with E-state index in [0.29, 0.717) is 21.7 Å². The van der Waals surface area contributed by atoms with Gasteiger partial charge in [0.25, 0.3) is 0 Å². The molecular weight excluding hydrogens is 412 g/mol. The van der Waals surface area contributed by atoms with E-state index in [0.717, 1.165) is 9.36 Å². The Morgan fingerprint density at radius 2 is 1.90 bits per heavy atom. The van der Waals surface area contributed by atoms with E-state index in [2.05, 4.69) is 20.4 Å². The van der Waals surface area contributed by atoms with Gasteiger partial charge < -0.3 is 14.8 Å². The van der Waals surface area contributed by atoms with E-state index in [-0.39, 0.29) is 11.4 Å². The van der Waals surface area contributed by atoms with Crippen LogP contribution in [0.5, 0.6) is 0 Å². The van der Waals surface area contributed by atoms with Crippen LogP contribution in [-0.4, -0.2) is 47.9 Å². The number of methoxy groups -OCH3 is 1. The first kappa shape index (κ1) is 19.4. The normalized spacial score (nSPS) is 12.1. The molecule has 0 bridgehead atoms. The molecule has 30 heavy (non-hydrogen) atoms. The number of carbonyl (C=O) groups excluding carboxylic acids is 1. The number of tetrazole rings is 1. The summed E-state index contributed by atoms with van der Waals surface area (Å²) in [4.78, 5) is 32.3. The summed E-state index contributed by atoms with van der Waals surface area (Å²) in [6.07, 6.45) is 0. The highest BCUT2D eigenvalue weighted by atomic mass is 35.5. The van der Waals surface area contributed by atoms with Crippen molar-refractivity contribution in [2.24, 2.45) is 0 Å². The standard InChI is InChI=1S/C19H15ClN6O4/c1-30-18(28)16(17-21-12-7-3-4-8-13(12)22-17)15(27)10-25-19(29)26(24-23-25)14-9-5-2-6-11(14)20/h2-9,27H,10H2,1H3,(H,21,22). The quantitative estimate of drug-likeness (QED) is 0.284. The van der Waals surface area contributed by atoms with Crippen LogP contribution in [0, 0.1) is 0 Å². The summed E-state index contributed by atoms with van der Waals surface area (Å²) in [6.45, 7) is -0.426. The number of hydrogen-bond acceptors (Lipinski definition) is 7. The maximum Gasteiger partial charge on any atom is 0.368 e. The summed E-state index contributed by atoms with van der Waals surface area (Å²) < 4.78 is 6.67. The third-order valence-electron chi connectivity index (χ3n) is 4.32. The van der Waals surface area contributed by atoms with Crippen LogP contribution in [0.4, 0.5) is 0 Å². The molecule has 11 heteroatoms. The SMILES string of the molecule is COC(=O)C(=C(O)Cn1nnn(-c2ccccc2Cl)c1=O)c1nc2ccccc2[nH]1. The molecule has 0 radical (unpaired) electrons. The monoisotopic (exact) mass is 426 g/mol. The van der Waals surface area contributed by atoms with Crippen molar-refractivity contribution in [2.45, 2.75) is 6.54 Å². The number of H-pyrrole nitrogens is 1. The minimum Gasteiger partial charge on any atom is -0.509 e. The predicted molar refractivity (Wildman–Crippen MR) is 108 cm³/mol. The summed E-state index contributed by atoms with van der Waals surface area (Å²) in [7, 11) is 1.18. The number of nitrogens with one attached hydrogen (secondary N) is 1. The molecule has 0 fully saturated rings. The lowest BCUT2D eigenvalue weighted by Gasteiger charge is -2.06. The smallest absolute Gasteiger partial charge is 0.368 e. The van der Waals surface area contributed by atoms with Crippen LogP contribution in [0.2, 0.25) is 5.02 Å². The number of carbonyl (C=O) groups is 1. The summed E-state index contributed by atoms with van der Waals surface area (Å²) >= 11 is 6.11. The molecule has 4 rings (SSSR count). The molecule has 0 aliphatic rings. The van der Waals surface area contributed by atoms with Crippen molar-refractivity contribution in [3.05, 3.63) is 75.6 Å². The number of allylic oxidation sites excluding steroid dienone is 1. The highest BCUT2D eigenvalue weighted by molar-refractivity contribution is 6.32. The number of ether oxygens (including phenoxy) is 1. The number of rotatable bonds is 5. The fourth-order valence-corrected chi connectivity index (χ4v) is 3.11. The average Bonchev–Trinajstić information content (AvgIpc) is 3.32. The van der Waals surface area contributed by atoms with Crippen LogP contribution in [0.25, 0.3) is 22.3 Å². The lowest BCUT2D eigenvalue weighted by atomic mass is 10.2. The van der Waals surface area contributed by atoms with E-state index < -0.39 is 24.0 Å². The molecule has 0 aliphatic carbocycles. The Morgan fingerprint density at radius 3 is 2.63 bits per heavy atom. The average molecular weight is 427 g/mol. The van der Waals surface area contributed by atoms with Crippen molar-refractivity contribution < 1.29 is 14.6 Å². The number of aliphatic hydroxyl groups excluding tert-OH is 1. The van der Waals surface area contributed by atoms with Gasteiger partial charge in [0.05, 0.1) is 28.9 Å². The number of nitrogens with zero attached hydrogens (tertiary/aromatic N) is 5. The van der Waals surface area contributed by atoms with Crippen molar-refractivity contribution in [3.63, 3.8) is 0 Å². The van der Waals surface area contributed by atoms with Gasteiger partial charge in [0, 0.05) is 0 Å². The van der Waals surface area contributed by atoms with Crippen molar-refractivity contribution in [1.82, 2.24) is 29.8 Å². The molecule has 0 unspecified atom stereocenters. The third kappa shape index (κ3) is 3.44. The molecule has 0 spiro atoms. The minimum atomic E-state index is -0.821. The highest BCUT2D eigenvalue weighted by Crippen LogP contribution is 2.21. The second-order valence-corrected chi connectivity index (χ2v) is 6.61. The number of esters is 1. The fraction of sp³-hybridized carbons (Fsp3) is 0.105. The summed E-state index contributed by atoms with van der Waals surface area (Å²) in [5.74, 6) is -1.18. The first-order chi connectivity index (χ1) is 14.5. The molecular formula is C19H15ClN6O4. The Hall–Kier alpha value is -3.92. The van der Waals surface area contributed by atoms with Gasteiger partial charge >= 0.3 is 11.7 Å². The first-order valence-corrected chi connectivity index (χ1v) is 9.10. The Kier molecular flexibility index (Phi) is 5.07. The Balaban J connectivity index is 1.75. The second-order valence-electron chi connectivity index (χ2n) is 6.20. The zero-order valence-electron chi connectivity index (χ0n) is 15.6. The third-order valence-corrected chi connectivity index (χ3v) is 4.64. The number of halogens is 1. The summed E-state index contributed by atoms with van der Waals surface area (Å²) in [5.41, 5.74) is 0.743. The van der Waals surface area contributed by atoms with E-state index in [1.165, 1.54) is 7.11 Å². The van der Waals surface area contributed by atoms with Crippen LogP contribution in [0.1, 0.15) is 5.82 Å². The zero-order valence-corrected chi connectivity index (χ0v) is 16.4. The van der Waals surface area contributed by atoms with E-state index in [1.54, 1.807) is 48.5 Å². The number of aliphatic hydroxyl groups is 1. The highest BCUT2D eigenvalue weighted by Gasteiger charge is 2.23. The molecule has 2 aromatic carbocycles. The minimum absolute atomic E-state index is 0.104. The molecule has 2 aromatic heterocycles. The molecule has 152 valence electrons. The molecule has 0 saturated carbocycles. The van der Waals surface area contributed by atoms with Gasteiger partial charge in [-0.1, -0.05) is 35.9 Å². The number of hydrogen-bond donors (Lipinski definition) is 2. The lowest BCUT2D eigenvalue weighted by molar-refractivity contribution is -0.133. The van der Waals surface area contributed by atoms with Gasteiger partial charge in [-0.3, -0.25) is 0 Å². The van der Waals surface area contributed by atoms with Crippen LogP contribution >= 0.6 is 11.6 Å². The van der Waals surface area contributed by atoms with Gasteiger partial charge in [-0.2, -0.15) is 9.36 Å². The van der Waals surface area contributed by atoms with Crippen LogP contribution in [0.15, 0.2) is 59.1 Å². The van der Waals surface area contributed by atoms with Crippen molar-refractivity contribution >= 4 is 34.2 Å². The number of imidazole rings is 1. The van der Waals surface area contributed by atoms with Crippen LogP contribution in [-0.2, 0) is 16.1 Å². The number of fused-ring (bicyclic) bond motifs is 1. The Bertz CT molecular complexity index is 1300. The number of aromatic amines is 1. The largest absolute Gasteiger partial charge is 0.509 e. The predicted octanol–water partition coefficient (Wildman–Crippen LogP) is 2.10. The number of para-hydroxylation sites is 3. The van der Waals surface area contributed by atoms with Gasteiger partial charge in [-0.05, 0) is 34.7 Å². The van der Waals surface area contributed by atoms with E-state index in [4.69, 9.17) is 16.3 Å². The van der Waals surface area contributed by atoms with Crippen molar-refractivity contribution in [1.29, 1.82) is 0 Å². The summed E-state index contributed by atoms with van der Waals surface area (Å²) in [5, 5.41) is 18.5.